The van der Waals surface area contributed by atoms with Crippen molar-refractivity contribution in [2.45, 2.75) is 43.7 Å². The third kappa shape index (κ3) is 3.65. The number of hydrogen-bond acceptors (Lipinski definition) is 4. The van der Waals surface area contributed by atoms with Crippen LogP contribution in [0.2, 0.25) is 5.02 Å². The van der Waals surface area contributed by atoms with Crippen LogP contribution in [0.1, 0.15) is 54.3 Å². The van der Waals surface area contributed by atoms with E-state index in [2.05, 4.69) is 33.0 Å². The molecule has 3 aliphatic heterocycles. The first kappa shape index (κ1) is 23.2. The van der Waals surface area contributed by atoms with Crippen molar-refractivity contribution < 1.29 is 18.7 Å². The molecule has 6 rings (SSSR count). The van der Waals surface area contributed by atoms with Gasteiger partial charge in [0.05, 0.1) is 16.0 Å². The van der Waals surface area contributed by atoms with Crippen molar-refractivity contribution in [2.75, 3.05) is 25.0 Å². The van der Waals surface area contributed by atoms with Gasteiger partial charge in [0, 0.05) is 41.9 Å². The van der Waals surface area contributed by atoms with E-state index >= 15 is 0 Å². The number of carbonyl (C=O) groups is 2. The van der Waals surface area contributed by atoms with E-state index in [1.165, 1.54) is 6.07 Å². The van der Waals surface area contributed by atoms with Crippen LogP contribution in [0.15, 0.2) is 30.3 Å². The number of nitrogens with one attached hydrogen (secondary N) is 1. The van der Waals surface area contributed by atoms with Gasteiger partial charge in [-0.1, -0.05) is 11.6 Å². The molecule has 0 aliphatic carbocycles. The Morgan fingerprint density at radius 1 is 1.23 bits per heavy atom. The summed E-state index contributed by atoms with van der Waals surface area (Å²) in [5.74, 6) is -0.814. The second kappa shape index (κ2) is 8.70. The molecule has 3 aliphatic rings. The molecule has 2 saturated heterocycles. The van der Waals surface area contributed by atoms with Crippen LogP contribution in [0.3, 0.4) is 0 Å². The van der Waals surface area contributed by atoms with E-state index in [1.54, 1.807) is 11.0 Å². The minimum atomic E-state index is -0.911. The number of piperidine rings is 1. The van der Waals surface area contributed by atoms with E-state index in [9.17, 15) is 14.0 Å². The monoisotopic (exact) mass is 608 g/mol. The van der Waals surface area contributed by atoms with Gasteiger partial charge in [0.25, 0.3) is 5.91 Å². The fraction of sp³-hybridized carbons (Fsp3) is 0.400. The van der Waals surface area contributed by atoms with Gasteiger partial charge in [-0.15, -0.1) is 0 Å². The Morgan fingerprint density at radius 3 is 2.77 bits per heavy atom. The first-order chi connectivity index (χ1) is 16.9. The Labute approximate surface area is 220 Å². The van der Waals surface area contributed by atoms with Crippen molar-refractivity contribution in [3.8, 4) is 0 Å². The summed E-state index contributed by atoms with van der Waals surface area (Å²) in [5.41, 5.74) is 1.69. The summed E-state index contributed by atoms with van der Waals surface area (Å²) < 4.78 is 22.9. The highest BCUT2D eigenvalue weighted by molar-refractivity contribution is 14.1. The van der Waals surface area contributed by atoms with E-state index in [0.717, 1.165) is 40.5 Å². The highest BCUT2D eigenvalue weighted by Gasteiger charge is 2.50. The largest absolute Gasteiger partial charge is 0.356 e. The number of aromatic nitrogens is 2. The topological polar surface area (TPSA) is 76.5 Å². The average Bonchev–Trinajstić information content (AvgIpc) is 3.36. The van der Waals surface area contributed by atoms with Crippen LogP contribution in [0.5, 0.6) is 0 Å². The minimum absolute atomic E-state index is 0.0142. The van der Waals surface area contributed by atoms with Gasteiger partial charge in [0.2, 0.25) is 5.91 Å². The first-order valence-corrected chi connectivity index (χ1v) is 13.2. The normalized spacial score (nSPS) is 21.4. The lowest BCUT2D eigenvalue weighted by molar-refractivity contribution is -0.122. The summed E-state index contributed by atoms with van der Waals surface area (Å²) in [7, 11) is 0. The lowest BCUT2D eigenvalue weighted by Crippen LogP contribution is -2.48. The van der Waals surface area contributed by atoms with Crippen molar-refractivity contribution in [3.63, 3.8) is 0 Å². The molecule has 1 N–H and O–H groups in total. The molecule has 35 heavy (non-hydrogen) atoms. The molecular weight excluding hydrogens is 586 g/mol. The molecule has 1 spiro atoms. The van der Waals surface area contributed by atoms with Crippen LogP contribution in [-0.4, -0.2) is 46.2 Å². The van der Waals surface area contributed by atoms with Gasteiger partial charge in [-0.05, 0) is 85.0 Å². The number of anilines is 1. The van der Waals surface area contributed by atoms with Gasteiger partial charge in [-0.3, -0.25) is 9.59 Å². The maximum atomic E-state index is 14.2. The van der Waals surface area contributed by atoms with E-state index in [0.29, 0.717) is 42.7 Å². The van der Waals surface area contributed by atoms with Crippen LogP contribution < -0.4 is 5.32 Å². The molecule has 0 radical (unpaired) electrons. The van der Waals surface area contributed by atoms with E-state index in [4.69, 9.17) is 16.3 Å². The summed E-state index contributed by atoms with van der Waals surface area (Å²) in [4.78, 5) is 28.1. The average molecular weight is 609 g/mol. The van der Waals surface area contributed by atoms with Gasteiger partial charge >= 0.3 is 0 Å². The Balaban J connectivity index is 1.24. The highest BCUT2D eigenvalue weighted by atomic mass is 127. The van der Waals surface area contributed by atoms with Crippen LogP contribution >= 0.6 is 34.2 Å². The van der Waals surface area contributed by atoms with Crippen LogP contribution in [0.25, 0.3) is 10.9 Å². The van der Waals surface area contributed by atoms with Crippen LogP contribution in [0, 0.1) is 9.52 Å². The number of ether oxygens (including phenoxy) is 1. The van der Waals surface area contributed by atoms with Crippen LogP contribution in [-0.2, 0) is 14.9 Å². The smallest absolute Gasteiger partial charge is 0.253 e. The fourth-order valence-electron chi connectivity index (χ4n) is 5.60. The van der Waals surface area contributed by atoms with Gasteiger partial charge in [-0.2, -0.15) is 5.10 Å². The molecular formula is C25H23ClFIN4O3. The van der Waals surface area contributed by atoms with E-state index in [1.807, 2.05) is 22.9 Å². The highest BCUT2D eigenvalue weighted by Crippen LogP contribution is 2.49. The Bertz CT molecular complexity index is 1360. The zero-order valence-corrected chi connectivity index (χ0v) is 21.7. The Hall–Kier alpha value is -2.24. The zero-order valence-electron chi connectivity index (χ0n) is 18.8. The van der Waals surface area contributed by atoms with Crippen molar-refractivity contribution in [2.24, 2.45) is 0 Å². The lowest BCUT2D eigenvalue weighted by Gasteiger charge is -2.38. The van der Waals surface area contributed by atoms with Gasteiger partial charge in [0.1, 0.15) is 9.52 Å². The molecule has 10 heteroatoms. The Kier molecular flexibility index (Phi) is 5.76. The molecule has 1 atom stereocenters. The number of fused-ring (bicyclic) bond motifs is 3. The predicted octanol–water partition coefficient (Wildman–Crippen LogP) is 5.26. The molecule has 182 valence electrons. The lowest BCUT2D eigenvalue weighted by atomic mass is 9.73. The number of nitrogens with zero attached hydrogens (tertiary/aromatic N) is 3. The molecule has 1 aromatic heterocycles. The number of likely N-dealkylation sites (tertiary alicyclic amines) is 1. The maximum absolute atomic E-state index is 14.2. The number of carbonyl (C=O) groups excluding carboxylic acids is 2. The molecule has 0 saturated carbocycles. The summed E-state index contributed by atoms with van der Waals surface area (Å²) in [6, 6.07) is 8.47. The predicted molar refractivity (Wildman–Crippen MR) is 138 cm³/mol. The first-order valence-electron chi connectivity index (χ1n) is 11.8. The standard InChI is InChI=1S/C25H23ClFIN4O3/c26-21-16(27)5-6-17-20(21)25(24(34)29-17)8-10-31(11-9-25)23(33)14-4-7-18-15(13-14)22(28)30-32(18)19-3-1-2-12-35-19/h4-7,13,19H,1-3,8-12H2,(H,29,34). The molecule has 2 fully saturated rings. The van der Waals surface area contributed by atoms with Crippen molar-refractivity contribution >= 4 is 62.6 Å². The molecule has 4 heterocycles. The maximum Gasteiger partial charge on any atom is 0.253 e. The quantitative estimate of drug-likeness (QED) is 0.403. The van der Waals surface area contributed by atoms with E-state index < -0.39 is 11.2 Å². The summed E-state index contributed by atoms with van der Waals surface area (Å²) in [6.45, 7) is 1.49. The minimum Gasteiger partial charge on any atom is -0.356 e. The van der Waals surface area contributed by atoms with Crippen LogP contribution in [0.4, 0.5) is 10.1 Å². The molecule has 0 bridgehead atoms. The molecule has 3 aromatic rings. The number of hydrogen-bond donors (Lipinski definition) is 1. The van der Waals surface area contributed by atoms with Crippen molar-refractivity contribution in [1.82, 2.24) is 14.7 Å². The zero-order chi connectivity index (χ0) is 24.3. The summed E-state index contributed by atoms with van der Waals surface area (Å²) in [5, 5.41) is 8.44. The van der Waals surface area contributed by atoms with Crippen molar-refractivity contribution in [1.29, 1.82) is 0 Å². The van der Waals surface area contributed by atoms with Gasteiger partial charge < -0.3 is 15.0 Å². The van der Waals surface area contributed by atoms with Crippen molar-refractivity contribution in [3.05, 3.63) is 56.0 Å². The van der Waals surface area contributed by atoms with Gasteiger partial charge in [-0.25, -0.2) is 9.07 Å². The molecule has 2 aromatic carbocycles. The number of halogens is 3. The fourth-order valence-corrected chi connectivity index (χ4v) is 6.61. The third-order valence-corrected chi connectivity index (χ3v) is 8.66. The summed E-state index contributed by atoms with van der Waals surface area (Å²) >= 11 is 8.48. The SMILES string of the molecule is O=C(c1ccc2c(c1)c(I)nn2C1CCCCO1)N1CCC2(CC1)C(=O)Nc1ccc(F)c(Cl)c12. The van der Waals surface area contributed by atoms with Gasteiger partial charge in [0.15, 0.2) is 6.23 Å². The summed E-state index contributed by atoms with van der Waals surface area (Å²) in [6.07, 6.45) is 3.79. The number of benzene rings is 2. The number of rotatable bonds is 2. The number of amides is 2. The van der Waals surface area contributed by atoms with E-state index in [-0.39, 0.29) is 23.1 Å². The Morgan fingerprint density at radius 2 is 2.03 bits per heavy atom. The molecule has 1 unspecified atom stereocenters. The third-order valence-electron chi connectivity index (χ3n) is 7.50. The molecule has 2 amide bonds. The second-order valence-electron chi connectivity index (χ2n) is 9.40. The molecule has 7 nitrogen and oxygen atoms in total. The second-order valence-corrected chi connectivity index (χ2v) is 10.8.